The lowest BCUT2D eigenvalue weighted by atomic mass is 10.2. The molecule has 0 aliphatic heterocycles. The van der Waals surface area contributed by atoms with Gasteiger partial charge in [-0.15, -0.1) is 0 Å². The van der Waals surface area contributed by atoms with Gasteiger partial charge in [-0.2, -0.15) is 0 Å². The molecule has 0 unspecified atom stereocenters. The van der Waals surface area contributed by atoms with Gasteiger partial charge in [0.1, 0.15) is 11.3 Å². The Morgan fingerprint density at radius 2 is 1.84 bits per heavy atom. The molecule has 0 heterocycles. The van der Waals surface area contributed by atoms with Crippen LogP contribution in [0.4, 0.5) is 5.69 Å². The van der Waals surface area contributed by atoms with Crippen LogP contribution in [0.3, 0.4) is 0 Å². The molecule has 0 aliphatic rings. The number of hydrogen-bond donors (Lipinski definition) is 3. The Hall–Kier alpha value is -2.58. The van der Waals surface area contributed by atoms with Crippen molar-refractivity contribution in [2.75, 3.05) is 17.9 Å². The molecule has 8 heteroatoms. The molecular weight excluding hydrogens is 346 g/mol. The van der Waals surface area contributed by atoms with Crippen LogP contribution in [0.5, 0.6) is 5.75 Å². The Bertz CT molecular complexity index is 846. The number of nitrogens with one attached hydrogen (secondary N) is 1. The van der Waals surface area contributed by atoms with Crippen molar-refractivity contribution >= 4 is 21.7 Å². The molecule has 3 N–H and O–H groups in total. The third-order valence-electron chi connectivity index (χ3n) is 3.34. The zero-order valence-corrected chi connectivity index (χ0v) is 14.4. The summed E-state index contributed by atoms with van der Waals surface area (Å²) in [5.41, 5.74) is 0.960. The van der Waals surface area contributed by atoms with E-state index in [0.29, 0.717) is 6.42 Å². The molecule has 0 fully saturated rings. The van der Waals surface area contributed by atoms with Gasteiger partial charge >= 0.3 is 5.97 Å². The molecule has 0 atom stereocenters. The number of rotatable bonds is 7. The summed E-state index contributed by atoms with van der Waals surface area (Å²) in [5.74, 6) is -1.16. The Kier molecular flexibility index (Phi) is 6.00. The molecule has 25 heavy (non-hydrogen) atoms. The summed E-state index contributed by atoms with van der Waals surface area (Å²) >= 11 is 0. The van der Waals surface area contributed by atoms with Crippen LogP contribution in [-0.2, 0) is 14.8 Å². The van der Waals surface area contributed by atoms with Crippen LogP contribution in [-0.4, -0.2) is 37.8 Å². The quantitative estimate of drug-likeness (QED) is 0.511. The Morgan fingerprint density at radius 1 is 1.16 bits per heavy atom. The maximum Gasteiger partial charge on any atom is 0.341 e. The number of hydrogen-bond acceptors (Lipinski definition) is 6. The summed E-state index contributed by atoms with van der Waals surface area (Å²) in [6.07, 6.45) is 0.293. The van der Waals surface area contributed by atoms with Crippen LogP contribution in [0.1, 0.15) is 22.3 Å². The normalized spacial score (nSPS) is 11.1. The lowest BCUT2D eigenvalue weighted by Gasteiger charge is -2.10. The largest absolute Gasteiger partial charge is 0.507 e. The molecule has 0 spiro atoms. The van der Waals surface area contributed by atoms with Crippen LogP contribution >= 0.6 is 0 Å². The number of phenols is 1. The SMILES string of the molecule is Cc1ccc(S(=O)(=O)Nc2ccc(C(=O)OCCCO)c(O)c2)cc1. The van der Waals surface area contributed by atoms with Crippen molar-refractivity contribution in [3.05, 3.63) is 53.6 Å². The van der Waals surface area contributed by atoms with Crippen LogP contribution in [0, 0.1) is 6.92 Å². The first kappa shape index (κ1) is 18.8. The minimum absolute atomic E-state index is 0.0244. The summed E-state index contributed by atoms with van der Waals surface area (Å²) in [5, 5.41) is 18.6. The van der Waals surface area contributed by atoms with E-state index in [9.17, 15) is 18.3 Å². The predicted octanol–water partition coefficient (Wildman–Crippen LogP) is 2.04. The summed E-state index contributed by atoms with van der Waals surface area (Å²) in [6, 6.07) is 10.1. The van der Waals surface area contributed by atoms with Gasteiger partial charge in [0.15, 0.2) is 0 Å². The summed E-state index contributed by atoms with van der Waals surface area (Å²) < 4.78 is 31.8. The number of sulfonamides is 1. The third kappa shape index (κ3) is 4.94. The van der Waals surface area contributed by atoms with Crippen molar-refractivity contribution in [3.8, 4) is 5.75 Å². The van der Waals surface area contributed by atoms with Crippen LogP contribution < -0.4 is 4.72 Å². The average Bonchev–Trinajstić information content (AvgIpc) is 2.55. The number of phenolic OH excluding ortho intramolecular Hbond substituents is 1. The molecule has 2 rings (SSSR count). The highest BCUT2D eigenvalue weighted by Gasteiger charge is 2.17. The van der Waals surface area contributed by atoms with Crippen molar-refractivity contribution in [1.29, 1.82) is 0 Å². The number of anilines is 1. The molecular formula is C17H19NO6S. The van der Waals surface area contributed by atoms with Crippen molar-refractivity contribution in [2.45, 2.75) is 18.2 Å². The van der Waals surface area contributed by atoms with Crippen LogP contribution in [0.15, 0.2) is 47.4 Å². The highest BCUT2D eigenvalue weighted by atomic mass is 32.2. The molecule has 0 saturated heterocycles. The van der Waals surface area contributed by atoms with E-state index in [-0.39, 0.29) is 29.4 Å². The molecule has 134 valence electrons. The fourth-order valence-corrected chi connectivity index (χ4v) is 3.06. The molecule has 2 aromatic rings. The van der Waals surface area contributed by atoms with E-state index in [1.807, 2.05) is 6.92 Å². The molecule has 0 bridgehead atoms. The van der Waals surface area contributed by atoms with Crippen LogP contribution in [0.25, 0.3) is 0 Å². The van der Waals surface area contributed by atoms with E-state index in [1.54, 1.807) is 12.1 Å². The van der Waals surface area contributed by atoms with E-state index in [1.165, 1.54) is 24.3 Å². The highest BCUT2D eigenvalue weighted by molar-refractivity contribution is 7.92. The van der Waals surface area contributed by atoms with Gasteiger partial charge in [0.25, 0.3) is 10.0 Å². The van der Waals surface area contributed by atoms with E-state index in [0.717, 1.165) is 11.6 Å². The third-order valence-corrected chi connectivity index (χ3v) is 4.73. The maximum absolute atomic E-state index is 12.3. The summed E-state index contributed by atoms with van der Waals surface area (Å²) in [6.45, 7) is 1.76. The molecule has 0 aliphatic carbocycles. The first-order chi connectivity index (χ1) is 11.8. The van der Waals surface area contributed by atoms with Crippen molar-refractivity contribution in [1.82, 2.24) is 0 Å². The molecule has 2 aromatic carbocycles. The number of esters is 1. The number of carbonyl (C=O) groups is 1. The second kappa shape index (κ2) is 8.00. The number of ether oxygens (including phenoxy) is 1. The van der Waals surface area contributed by atoms with Gasteiger partial charge in [0.05, 0.1) is 17.2 Å². The zero-order chi connectivity index (χ0) is 18.4. The molecule has 0 amide bonds. The predicted molar refractivity (Wildman–Crippen MR) is 92.1 cm³/mol. The van der Waals surface area contributed by atoms with Crippen molar-refractivity contribution < 1.29 is 28.2 Å². The van der Waals surface area contributed by atoms with Gasteiger partial charge in [-0.25, -0.2) is 13.2 Å². The van der Waals surface area contributed by atoms with Crippen molar-refractivity contribution in [3.63, 3.8) is 0 Å². The number of aliphatic hydroxyl groups excluding tert-OH is 1. The molecule has 0 aromatic heterocycles. The van der Waals surface area contributed by atoms with Gasteiger partial charge in [-0.3, -0.25) is 4.72 Å². The zero-order valence-electron chi connectivity index (χ0n) is 13.6. The fourth-order valence-electron chi connectivity index (χ4n) is 2.01. The van der Waals surface area contributed by atoms with Gasteiger partial charge in [-0.1, -0.05) is 17.7 Å². The number of benzene rings is 2. The lowest BCUT2D eigenvalue weighted by molar-refractivity contribution is 0.0479. The molecule has 0 saturated carbocycles. The monoisotopic (exact) mass is 365 g/mol. The van der Waals surface area contributed by atoms with Crippen LogP contribution in [0.2, 0.25) is 0 Å². The topological polar surface area (TPSA) is 113 Å². The summed E-state index contributed by atoms with van der Waals surface area (Å²) in [7, 11) is -3.80. The van der Waals surface area contributed by atoms with Gasteiger partial charge < -0.3 is 14.9 Å². The second-order valence-electron chi connectivity index (χ2n) is 5.36. The van der Waals surface area contributed by atoms with E-state index in [4.69, 9.17) is 9.84 Å². The Labute approximate surface area is 145 Å². The average molecular weight is 365 g/mol. The number of aromatic hydroxyl groups is 1. The lowest BCUT2D eigenvalue weighted by Crippen LogP contribution is -2.13. The number of aryl methyl sites for hydroxylation is 1. The Morgan fingerprint density at radius 3 is 2.44 bits per heavy atom. The smallest absolute Gasteiger partial charge is 0.341 e. The van der Waals surface area contributed by atoms with Crippen molar-refractivity contribution in [2.24, 2.45) is 0 Å². The minimum atomic E-state index is -3.80. The molecule has 7 nitrogen and oxygen atoms in total. The van der Waals surface area contributed by atoms with E-state index in [2.05, 4.69) is 4.72 Å². The van der Waals surface area contributed by atoms with E-state index >= 15 is 0 Å². The van der Waals surface area contributed by atoms with Gasteiger partial charge in [0.2, 0.25) is 0 Å². The standard InChI is InChI=1S/C17H19NO6S/c1-12-3-6-14(7-4-12)25(22,23)18-13-5-8-15(16(20)11-13)17(21)24-10-2-9-19/h3-8,11,18-20H,2,9-10H2,1H3. The Balaban J connectivity index is 2.14. The van der Waals surface area contributed by atoms with Gasteiger partial charge in [-0.05, 0) is 31.2 Å². The first-order valence-corrected chi connectivity index (χ1v) is 9.02. The first-order valence-electron chi connectivity index (χ1n) is 7.54. The fraction of sp³-hybridized carbons (Fsp3) is 0.235. The number of aliphatic hydroxyl groups is 1. The second-order valence-corrected chi connectivity index (χ2v) is 7.05. The summed E-state index contributed by atoms with van der Waals surface area (Å²) in [4.78, 5) is 11.9. The highest BCUT2D eigenvalue weighted by Crippen LogP contribution is 2.25. The van der Waals surface area contributed by atoms with Gasteiger partial charge in [0, 0.05) is 19.1 Å². The molecule has 0 radical (unpaired) electrons. The number of carbonyl (C=O) groups excluding carboxylic acids is 1. The minimum Gasteiger partial charge on any atom is -0.507 e. The maximum atomic E-state index is 12.3. The van der Waals surface area contributed by atoms with E-state index < -0.39 is 21.7 Å².